The highest BCUT2D eigenvalue weighted by molar-refractivity contribution is 6.32. The highest BCUT2D eigenvalue weighted by atomic mass is 35.5. The third kappa shape index (κ3) is 3.89. The summed E-state index contributed by atoms with van der Waals surface area (Å²) in [7, 11) is 0. The Balaban J connectivity index is 1.89. The lowest BCUT2D eigenvalue weighted by molar-refractivity contribution is 0.251. The maximum Gasteiger partial charge on any atom is 0.319 e. The van der Waals surface area contributed by atoms with Crippen LogP contribution < -0.4 is 10.6 Å². The van der Waals surface area contributed by atoms with E-state index in [0.29, 0.717) is 12.2 Å². The molecule has 2 amide bonds. The monoisotopic (exact) mass is 276 g/mol. The van der Waals surface area contributed by atoms with Crippen molar-refractivity contribution in [3.63, 3.8) is 0 Å². The zero-order valence-corrected chi connectivity index (χ0v) is 10.8. The molecule has 0 bridgehead atoms. The summed E-state index contributed by atoms with van der Waals surface area (Å²) < 4.78 is 0. The van der Waals surface area contributed by atoms with Crippen molar-refractivity contribution in [1.29, 1.82) is 0 Å². The van der Waals surface area contributed by atoms with Crippen LogP contribution in [0.4, 0.5) is 10.5 Å². The van der Waals surface area contributed by atoms with Crippen LogP contribution in [0.2, 0.25) is 5.02 Å². The van der Waals surface area contributed by atoms with Gasteiger partial charge in [-0.15, -0.1) is 0 Å². The first-order chi connectivity index (χ1) is 9.15. The Bertz CT molecular complexity index is 573. The molecule has 98 valence electrons. The number of carbonyl (C=O) groups excluding carboxylic acids is 1. The number of halogens is 1. The molecule has 0 saturated carbocycles. The maximum absolute atomic E-state index is 11.7. The summed E-state index contributed by atoms with van der Waals surface area (Å²) in [6, 6.07) is 13.8. The van der Waals surface area contributed by atoms with E-state index in [-0.39, 0.29) is 16.8 Å². The topological polar surface area (TPSA) is 61.4 Å². The van der Waals surface area contributed by atoms with Gasteiger partial charge in [-0.05, 0) is 23.8 Å². The molecule has 2 aromatic carbocycles. The summed E-state index contributed by atoms with van der Waals surface area (Å²) >= 11 is 5.75. The minimum absolute atomic E-state index is 0.0167. The van der Waals surface area contributed by atoms with E-state index in [4.69, 9.17) is 11.6 Å². The largest absolute Gasteiger partial charge is 0.506 e. The number of benzene rings is 2. The van der Waals surface area contributed by atoms with Crippen molar-refractivity contribution in [2.24, 2.45) is 0 Å². The maximum atomic E-state index is 11.7. The van der Waals surface area contributed by atoms with Crippen LogP contribution >= 0.6 is 11.6 Å². The Morgan fingerprint density at radius 2 is 1.89 bits per heavy atom. The van der Waals surface area contributed by atoms with Crippen molar-refractivity contribution >= 4 is 23.3 Å². The fourth-order valence-electron chi connectivity index (χ4n) is 1.54. The molecule has 19 heavy (non-hydrogen) atoms. The van der Waals surface area contributed by atoms with Gasteiger partial charge in [0.05, 0.1) is 5.02 Å². The Kier molecular flexibility index (Phi) is 4.26. The van der Waals surface area contributed by atoms with Gasteiger partial charge < -0.3 is 15.7 Å². The van der Waals surface area contributed by atoms with Gasteiger partial charge >= 0.3 is 6.03 Å². The molecule has 0 spiro atoms. The average molecular weight is 277 g/mol. The molecule has 0 radical (unpaired) electrons. The van der Waals surface area contributed by atoms with Crippen LogP contribution in [0.15, 0.2) is 48.5 Å². The number of aromatic hydroxyl groups is 1. The van der Waals surface area contributed by atoms with Crippen LogP contribution in [0, 0.1) is 0 Å². The van der Waals surface area contributed by atoms with Gasteiger partial charge in [0.25, 0.3) is 0 Å². The van der Waals surface area contributed by atoms with Gasteiger partial charge in [0.15, 0.2) is 0 Å². The quantitative estimate of drug-likeness (QED) is 0.753. The van der Waals surface area contributed by atoms with Gasteiger partial charge in [-0.2, -0.15) is 0 Å². The van der Waals surface area contributed by atoms with Crippen LogP contribution in [-0.4, -0.2) is 11.1 Å². The van der Waals surface area contributed by atoms with Crippen molar-refractivity contribution in [3.8, 4) is 5.75 Å². The van der Waals surface area contributed by atoms with Gasteiger partial charge in [-0.1, -0.05) is 41.9 Å². The number of urea groups is 1. The molecule has 0 unspecified atom stereocenters. The zero-order chi connectivity index (χ0) is 13.7. The second-order valence-electron chi connectivity index (χ2n) is 3.96. The van der Waals surface area contributed by atoms with E-state index >= 15 is 0 Å². The molecule has 0 saturated heterocycles. The Morgan fingerprint density at radius 3 is 2.58 bits per heavy atom. The van der Waals surface area contributed by atoms with Crippen molar-refractivity contribution in [2.75, 3.05) is 5.32 Å². The number of phenols is 1. The standard InChI is InChI=1S/C14H13ClN2O2/c15-12-8-11(6-7-13(12)18)17-14(19)16-9-10-4-2-1-3-5-10/h1-8,18H,9H2,(H2,16,17,19). The van der Waals surface area contributed by atoms with Crippen molar-refractivity contribution in [2.45, 2.75) is 6.54 Å². The summed E-state index contributed by atoms with van der Waals surface area (Å²) in [5, 5.41) is 14.8. The SMILES string of the molecule is O=C(NCc1ccccc1)Nc1ccc(O)c(Cl)c1. The molecule has 0 fully saturated rings. The molecule has 0 heterocycles. The Morgan fingerprint density at radius 1 is 1.16 bits per heavy atom. The van der Waals surface area contributed by atoms with Crippen LogP contribution in [0.25, 0.3) is 0 Å². The predicted molar refractivity (Wildman–Crippen MR) is 75.4 cm³/mol. The third-order valence-electron chi connectivity index (χ3n) is 2.50. The first-order valence-electron chi connectivity index (χ1n) is 5.72. The molecule has 2 aromatic rings. The average Bonchev–Trinajstić information content (AvgIpc) is 2.42. The van der Waals surface area contributed by atoms with E-state index in [1.54, 1.807) is 6.07 Å². The molecule has 4 nitrogen and oxygen atoms in total. The second kappa shape index (κ2) is 6.11. The van der Waals surface area contributed by atoms with Gasteiger partial charge in [0, 0.05) is 12.2 Å². The molecule has 0 aliphatic heterocycles. The summed E-state index contributed by atoms with van der Waals surface area (Å²) in [4.78, 5) is 11.7. The van der Waals surface area contributed by atoms with E-state index < -0.39 is 0 Å². The molecule has 3 N–H and O–H groups in total. The number of rotatable bonds is 3. The molecule has 2 rings (SSSR count). The number of amides is 2. The summed E-state index contributed by atoms with van der Waals surface area (Å²) in [6.45, 7) is 0.443. The zero-order valence-electron chi connectivity index (χ0n) is 10.1. The molecule has 0 atom stereocenters. The molecule has 0 aliphatic carbocycles. The van der Waals surface area contributed by atoms with Crippen LogP contribution in [0.5, 0.6) is 5.75 Å². The highest BCUT2D eigenvalue weighted by Crippen LogP contribution is 2.25. The van der Waals surface area contributed by atoms with Crippen molar-refractivity contribution < 1.29 is 9.90 Å². The third-order valence-corrected chi connectivity index (χ3v) is 2.80. The van der Waals surface area contributed by atoms with Crippen molar-refractivity contribution in [3.05, 3.63) is 59.1 Å². The summed E-state index contributed by atoms with van der Waals surface area (Å²) in [5.74, 6) is -0.0167. The molecule has 5 heteroatoms. The number of carbonyl (C=O) groups is 1. The minimum Gasteiger partial charge on any atom is -0.506 e. The highest BCUT2D eigenvalue weighted by Gasteiger charge is 2.04. The fourth-order valence-corrected chi connectivity index (χ4v) is 1.72. The van der Waals surface area contributed by atoms with Gasteiger partial charge in [0.2, 0.25) is 0 Å². The number of hydrogen-bond acceptors (Lipinski definition) is 2. The number of phenolic OH excluding ortho intramolecular Hbond substituents is 1. The van der Waals surface area contributed by atoms with Gasteiger partial charge in [0.1, 0.15) is 5.75 Å². The lowest BCUT2D eigenvalue weighted by atomic mass is 10.2. The van der Waals surface area contributed by atoms with E-state index in [2.05, 4.69) is 10.6 Å². The summed E-state index contributed by atoms with van der Waals surface area (Å²) in [5.41, 5.74) is 1.54. The van der Waals surface area contributed by atoms with E-state index in [0.717, 1.165) is 5.56 Å². The van der Waals surface area contributed by atoms with E-state index in [9.17, 15) is 9.90 Å². The first kappa shape index (κ1) is 13.2. The lowest BCUT2D eigenvalue weighted by Crippen LogP contribution is -2.28. The molecular weight excluding hydrogens is 264 g/mol. The smallest absolute Gasteiger partial charge is 0.319 e. The number of hydrogen-bond donors (Lipinski definition) is 3. The number of nitrogens with one attached hydrogen (secondary N) is 2. The van der Waals surface area contributed by atoms with Crippen molar-refractivity contribution in [1.82, 2.24) is 5.32 Å². The minimum atomic E-state index is -0.328. The Labute approximate surface area is 116 Å². The summed E-state index contributed by atoms with van der Waals surface area (Å²) in [6.07, 6.45) is 0. The second-order valence-corrected chi connectivity index (χ2v) is 4.37. The Hall–Kier alpha value is -2.20. The molecule has 0 aliphatic rings. The van der Waals surface area contributed by atoms with Crippen LogP contribution in [0.3, 0.4) is 0 Å². The van der Waals surface area contributed by atoms with Crippen LogP contribution in [-0.2, 0) is 6.54 Å². The van der Waals surface area contributed by atoms with Gasteiger partial charge in [-0.25, -0.2) is 4.79 Å². The van der Waals surface area contributed by atoms with E-state index in [1.807, 2.05) is 30.3 Å². The molecular formula is C14H13ClN2O2. The number of anilines is 1. The van der Waals surface area contributed by atoms with E-state index in [1.165, 1.54) is 12.1 Å². The first-order valence-corrected chi connectivity index (χ1v) is 6.10. The molecule has 0 aromatic heterocycles. The predicted octanol–water partition coefficient (Wildman–Crippen LogP) is 3.37. The van der Waals surface area contributed by atoms with Gasteiger partial charge in [-0.3, -0.25) is 0 Å². The van der Waals surface area contributed by atoms with Crippen LogP contribution in [0.1, 0.15) is 5.56 Å². The fraction of sp³-hybridized carbons (Fsp3) is 0.0714. The normalized spacial score (nSPS) is 9.95. The lowest BCUT2D eigenvalue weighted by Gasteiger charge is -2.08.